The quantitative estimate of drug-likeness (QED) is 0.294. The SMILES string of the molecule is CNC(=O)C1CCC(CNC(=O)NN=C[C@@H](N)CC(=O)OC(C)(C)C)CC1. The van der Waals surface area contributed by atoms with Crippen molar-refractivity contribution in [1.82, 2.24) is 16.1 Å². The van der Waals surface area contributed by atoms with Gasteiger partial charge in [-0.1, -0.05) is 0 Å². The molecule has 0 bridgehead atoms. The van der Waals surface area contributed by atoms with Gasteiger partial charge in [-0.05, 0) is 52.4 Å². The lowest BCUT2D eigenvalue weighted by atomic mass is 9.81. The number of nitrogens with zero attached hydrogens (tertiary/aromatic N) is 1. The molecule has 1 rings (SSSR count). The van der Waals surface area contributed by atoms with Crippen LogP contribution in [0.15, 0.2) is 5.10 Å². The molecule has 1 atom stereocenters. The van der Waals surface area contributed by atoms with Crippen molar-refractivity contribution in [2.24, 2.45) is 22.7 Å². The maximum atomic E-state index is 11.8. The minimum atomic E-state index is -0.639. The molecule has 1 saturated carbocycles. The molecule has 0 aromatic heterocycles. The molecular formula is C18H33N5O4. The Morgan fingerprint density at radius 2 is 1.85 bits per heavy atom. The number of carbonyl (C=O) groups excluding carboxylic acids is 3. The van der Waals surface area contributed by atoms with Crippen LogP contribution >= 0.6 is 0 Å². The number of amides is 3. The van der Waals surface area contributed by atoms with Crippen LogP contribution in [-0.2, 0) is 14.3 Å². The Morgan fingerprint density at radius 3 is 2.41 bits per heavy atom. The van der Waals surface area contributed by atoms with E-state index in [0.29, 0.717) is 12.5 Å². The van der Waals surface area contributed by atoms with Gasteiger partial charge in [0, 0.05) is 25.7 Å². The van der Waals surface area contributed by atoms with Crippen molar-refractivity contribution in [2.75, 3.05) is 13.6 Å². The van der Waals surface area contributed by atoms with Gasteiger partial charge < -0.3 is 21.1 Å². The lowest BCUT2D eigenvalue weighted by Gasteiger charge is -2.27. The number of hydrogen-bond acceptors (Lipinski definition) is 6. The minimum absolute atomic E-state index is 0.0152. The number of ether oxygens (including phenoxy) is 1. The molecule has 0 aliphatic heterocycles. The smallest absolute Gasteiger partial charge is 0.335 e. The molecule has 3 amide bonds. The normalized spacial score (nSPS) is 21.4. The van der Waals surface area contributed by atoms with E-state index in [1.165, 1.54) is 6.21 Å². The fourth-order valence-corrected chi connectivity index (χ4v) is 2.93. The number of hydrazone groups is 1. The molecule has 1 fully saturated rings. The molecule has 154 valence electrons. The Bertz CT molecular complexity index is 536. The molecule has 9 nitrogen and oxygen atoms in total. The Hall–Kier alpha value is -2.16. The van der Waals surface area contributed by atoms with Gasteiger partial charge in [-0.2, -0.15) is 5.10 Å². The van der Waals surface area contributed by atoms with Gasteiger partial charge in [0.1, 0.15) is 5.60 Å². The third-order valence-corrected chi connectivity index (χ3v) is 4.27. The number of carbonyl (C=O) groups is 3. The van der Waals surface area contributed by atoms with Crippen LogP contribution in [0.3, 0.4) is 0 Å². The minimum Gasteiger partial charge on any atom is -0.460 e. The summed E-state index contributed by atoms with van der Waals surface area (Å²) in [5, 5.41) is 9.20. The first-order chi connectivity index (χ1) is 12.6. The van der Waals surface area contributed by atoms with E-state index in [-0.39, 0.29) is 18.2 Å². The van der Waals surface area contributed by atoms with Crippen LogP contribution in [0.2, 0.25) is 0 Å². The van der Waals surface area contributed by atoms with Gasteiger partial charge >= 0.3 is 12.0 Å². The average Bonchev–Trinajstić information content (AvgIpc) is 2.58. The standard InChI is InChI=1S/C18H33N5O4/c1-18(2,3)27-15(24)9-14(19)11-22-23-17(26)21-10-12-5-7-13(8-6-12)16(25)20-4/h11-14H,5-10,19H2,1-4H3,(H,20,25)(H2,21,23,26)/t12?,13?,14-/m0/s1. The summed E-state index contributed by atoms with van der Waals surface area (Å²) in [5.74, 6) is 0.112. The third kappa shape index (κ3) is 9.93. The third-order valence-electron chi connectivity index (χ3n) is 4.27. The highest BCUT2D eigenvalue weighted by Gasteiger charge is 2.25. The molecular weight excluding hydrogens is 350 g/mol. The zero-order valence-electron chi connectivity index (χ0n) is 16.7. The van der Waals surface area contributed by atoms with Crippen molar-refractivity contribution < 1.29 is 19.1 Å². The maximum absolute atomic E-state index is 11.8. The summed E-state index contributed by atoms with van der Waals surface area (Å²) in [4.78, 5) is 35.0. The fourth-order valence-electron chi connectivity index (χ4n) is 2.93. The highest BCUT2D eigenvalue weighted by Crippen LogP contribution is 2.28. The highest BCUT2D eigenvalue weighted by atomic mass is 16.6. The van der Waals surface area contributed by atoms with E-state index in [0.717, 1.165) is 25.7 Å². The van der Waals surface area contributed by atoms with Crippen molar-refractivity contribution in [3.05, 3.63) is 0 Å². The average molecular weight is 383 g/mol. The van der Waals surface area contributed by atoms with E-state index in [1.807, 2.05) is 0 Å². The molecule has 27 heavy (non-hydrogen) atoms. The molecule has 0 saturated heterocycles. The van der Waals surface area contributed by atoms with Crippen molar-refractivity contribution in [2.45, 2.75) is 64.5 Å². The predicted molar refractivity (Wildman–Crippen MR) is 103 cm³/mol. The summed E-state index contributed by atoms with van der Waals surface area (Å²) >= 11 is 0. The van der Waals surface area contributed by atoms with Crippen LogP contribution in [0.25, 0.3) is 0 Å². The summed E-state index contributed by atoms with van der Waals surface area (Å²) in [5.41, 5.74) is 7.53. The number of nitrogens with two attached hydrogens (primary N) is 1. The zero-order valence-corrected chi connectivity index (χ0v) is 16.7. The molecule has 0 aromatic rings. The monoisotopic (exact) mass is 383 g/mol. The first-order valence-electron chi connectivity index (χ1n) is 9.36. The molecule has 0 aromatic carbocycles. The van der Waals surface area contributed by atoms with Crippen LogP contribution < -0.4 is 21.8 Å². The topological polar surface area (TPSA) is 135 Å². The summed E-state index contributed by atoms with van der Waals surface area (Å²) in [7, 11) is 1.65. The molecule has 1 aliphatic carbocycles. The molecule has 0 heterocycles. The van der Waals surface area contributed by atoms with Gasteiger partial charge in [0.05, 0.1) is 12.5 Å². The zero-order chi connectivity index (χ0) is 20.4. The van der Waals surface area contributed by atoms with Gasteiger partial charge in [-0.15, -0.1) is 0 Å². The lowest BCUT2D eigenvalue weighted by molar-refractivity contribution is -0.154. The van der Waals surface area contributed by atoms with Crippen LogP contribution in [0.5, 0.6) is 0 Å². The highest BCUT2D eigenvalue weighted by molar-refractivity contribution is 5.79. The van der Waals surface area contributed by atoms with E-state index in [9.17, 15) is 14.4 Å². The molecule has 5 N–H and O–H groups in total. The number of nitrogens with one attached hydrogen (secondary N) is 3. The van der Waals surface area contributed by atoms with E-state index >= 15 is 0 Å². The molecule has 0 spiro atoms. The van der Waals surface area contributed by atoms with E-state index < -0.39 is 23.6 Å². The summed E-state index contributed by atoms with van der Waals surface area (Å²) in [6.45, 7) is 5.87. The summed E-state index contributed by atoms with van der Waals surface area (Å²) < 4.78 is 5.17. The van der Waals surface area contributed by atoms with Crippen molar-refractivity contribution in [1.29, 1.82) is 0 Å². The van der Waals surface area contributed by atoms with Crippen molar-refractivity contribution in [3.63, 3.8) is 0 Å². The number of urea groups is 1. The van der Waals surface area contributed by atoms with E-state index in [1.54, 1.807) is 27.8 Å². The molecule has 9 heteroatoms. The number of rotatable bonds is 7. The predicted octanol–water partition coefficient (Wildman–Crippen LogP) is 0.883. The molecule has 0 unspecified atom stereocenters. The first-order valence-corrected chi connectivity index (χ1v) is 9.36. The van der Waals surface area contributed by atoms with Crippen molar-refractivity contribution >= 4 is 24.1 Å². The maximum Gasteiger partial charge on any atom is 0.335 e. The summed E-state index contributed by atoms with van der Waals surface area (Å²) in [6.07, 6.45) is 4.78. The second-order valence-electron chi connectivity index (χ2n) is 7.89. The second kappa shape index (κ2) is 10.9. The Kier molecular flexibility index (Phi) is 9.20. The lowest BCUT2D eigenvalue weighted by Crippen LogP contribution is -2.38. The Balaban J connectivity index is 2.21. The van der Waals surface area contributed by atoms with Crippen LogP contribution in [0, 0.1) is 11.8 Å². The Labute approximate surface area is 160 Å². The van der Waals surface area contributed by atoms with Gasteiger partial charge in [-0.25, -0.2) is 10.2 Å². The van der Waals surface area contributed by atoms with Crippen LogP contribution in [0.4, 0.5) is 4.79 Å². The van der Waals surface area contributed by atoms with Gasteiger partial charge in [0.25, 0.3) is 0 Å². The van der Waals surface area contributed by atoms with Gasteiger partial charge in [0.2, 0.25) is 5.91 Å². The van der Waals surface area contributed by atoms with Crippen LogP contribution in [-0.4, -0.2) is 49.4 Å². The van der Waals surface area contributed by atoms with Crippen molar-refractivity contribution in [3.8, 4) is 0 Å². The number of hydrogen-bond donors (Lipinski definition) is 4. The van der Waals surface area contributed by atoms with Gasteiger partial charge in [-0.3, -0.25) is 9.59 Å². The number of esters is 1. The Morgan fingerprint density at radius 1 is 1.22 bits per heavy atom. The molecule has 1 aliphatic rings. The van der Waals surface area contributed by atoms with E-state index in [2.05, 4.69) is 21.2 Å². The van der Waals surface area contributed by atoms with Gasteiger partial charge in [0.15, 0.2) is 0 Å². The first kappa shape index (κ1) is 22.9. The fraction of sp³-hybridized carbons (Fsp3) is 0.778. The largest absolute Gasteiger partial charge is 0.460 e. The van der Waals surface area contributed by atoms with E-state index in [4.69, 9.17) is 10.5 Å². The molecule has 0 radical (unpaired) electrons. The van der Waals surface area contributed by atoms with Crippen LogP contribution in [0.1, 0.15) is 52.9 Å². The summed E-state index contributed by atoms with van der Waals surface area (Å²) in [6, 6.07) is -1.07. The second-order valence-corrected chi connectivity index (χ2v) is 7.89.